The summed E-state index contributed by atoms with van der Waals surface area (Å²) in [7, 11) is 0.510. The van der Waals surface area contributed by atoms with Gasteiger partial charge in [-0.1, -0.05) is 19.6 Å². The van der Waals surface area contributed by atoms with Crippen LogP contribution in [0.15, 0.2) is 42.9 Å². The maximum absolute atomic E-state index is 14.6. The van der Waals surface area contributed by atoms with Crippen LogP contribution in [0.3, 0.4) is 0 Å². The van der Waals surface area contributed by atoms with Crippen LogP contribution in [0.25, 0.3) is 22.3 Å². The van der Waals surface area contributed by atoms with Crippen molar-refractivity contribution < 1.29 is 23.2 Å². The van der Waals surface area contributed by atoms with Gasteiger partial charge in [-0.2, -0.15) is 5.10 Å². The van der Waals surface area contributed by atoms with Gasteiger partial charge >= 0.3 is 0 Å². The molecule has 0 atom stereocenters. The molecule has 0 aliphatic rings. The molecule has 9 nitrogen and oxygen atoms in total. The van der Waals surface area contributed by atoms with Crippen molar-refractivity contribution in [1.82, 2.24) is 19.3 Å². The fraction of sp³-hybridized carbons (Fsp3) is 0.304. The van der Waals surface area contributed by atoms with Crippen molar-refractivity contribution >= 4 is 24.8 Å². The fourth-order valence-electron chi connectivity index (χ4n) is 3.60. The van der Waals surface area contributed by atoms with E-state index < -0.39 is 36.1 Å². The lowest BCUT2D eigenvalue weighted by Gasteiger charge is -2.15. The average molecular weight is 502 g/mol. The molecule has 1 aromatic carbocycles. The number of fused-ring (bicyclic) bond motifs is 1. The van der Waals surface area contributed by atoms with Crippen molar-refractivity contribution in [3.05, 3.63) is 64.6 Å². The zero-order valence-electron chi connectivity index (χ0n) is 19.8. The Morgan fingerprint density at radius 1 is 1.14 bits per heavy atom. The fourth-order valence-corrected chi connectivity index (χ4v) is 4.36. The van der Waals surface area contributed by atoms with E-state index in [2.05, 4.69) is 29.7 Å². The first-order chi connectivity index (χ1) is 16.5. The first-order valence-electron chi connectivity index (χ1n) is 10.9. The van der Waals surface area contributed by atoms with Crippen LogP contribution in [0, 0.1) is 21.7 Å². The van der Waals surface area contributed by atoms with Gasteiger partial charge in [0.05, 0.1) is 28.1 Å². The number of pyridine rings is 1. The number of halogens is 2. The smallest absolute Gasteiger partial charge is 0.275 e. The molecule has 0 bridgehead atoms. The molecule has 0 amide bonds. The van der Waals surface area contributed by atoms with Crippen LogP contribution in [-0.2, 0) is 18.5 Å². The van der Waals surface area contributed by atoms with Gasteiger partial charge in [0.1, 0.15) is 18.1 Å². The molecule has 3 aromatic heterocycles. The van der Waals surface area contributed by atoms with Crippen molar-refractivity contribution in [1.29, 1.82) is 0 Å². The maximum Gasteiger partial charge on any atom is 0.275 e. The van der Waals surface area contributed by atoms with Gasteiger partial charge in [0, 0.05) is 45.9 Å². The second-order valence-electron chi connectivity index (χ2n) is 9.31. The molecule has 0 fully saturated rings. The van der Waals surface area contributed by atoms with E-state index in [4.69, 9.17) is 9.47 Å². The van der Waals surface area contributed by atoms with Crippen LogP contribution in [0.1, 0.15) is 0 Å². The van der Waals surface area contributed by atoms with E-state index >= 15 is 0 Å². The average Bonchev–Trinajstić information content (AvgIpc) is 3.36. The number of nitro benzene ring substituents is 1. The number of aryl methyl sites for hydroxylation is 1. The Labute approximate surface area is 201 Å². The molecule has 0 aliphatic heterocycles. The van der Waals surface area contributed by atoms with Crippen molar-refractivity contribution in [2.24, 2.45) is 7.05 Å². The Bertz CT molecular complexity index is 1370. The monoisotopic (exact) mass is 501 g/mol. The summed E-state index contributed by atoms with van der Waals surface area (Å²) in [5.74, 6) is -2.97. The van der Waals surface area contributed by atoms with Crippen LogP contribution in [0.5, 0.6) is 11.5 Å². The molecule has 0 radical (unpaired) electrons. The summed E-state index contributed by atoms with van der Waals surface area (Å²) in [5, 5.41) is 15.6. The van der Waals surface area contributed by atoms with Gasteiger partial charge in [-0.15, -0.1) is 0 Å². The number of nitro groups is 1. The molecule has 0 unspecified atom stereocenters. The SMILES string of the molecule is Cn1nccc1-c1cn(COCC[Si](C)(C)C)c2nccc(Oc3c(F)cc([N+](=O)[O-])cc3F)c12. The number of hydrogen-bond acceptors (Lipinski definition) is 6. The van der Waals surface area contributed by atoms with E-state index in [1.54, 1.807) is 28.6 Å². The molecule has 0 spiro atoms. The molecule has 12 heteroatoms. The highest BCUT2D eigenvalue weighted by molar-refractivity contribution is 6.76. The van der Waals surface area contributed by atoms with Gasteiger partial charge in [0.25, 0.3) is 5.69 Å². The van der Waals surface area contributed by atoms with Crippen molar-refractivity contribution in [3.63, 3.8) is 0 Å². The number of nitrogens with zero attached hydrogens (tertiary/aromatic N) is 5. The summed E-state index contributed by atoms with van der Waals surface area (Å²) in [6.45, 7) is 7.64. The Balaban J connectivity index is 1.77. The molecule has 184 valence electrons. The molecule has 0 aliphatic carbocycles. The molecule has 35 heavy (non-hydrogen) atoms. The first kappa shape index (κ1) is 24.5. The lowest BCUT2D eigenvalue weighted by atomic mass is 10.1. The second-order valence-corrected chi connectivity index (χ2v) is 14.9. The van der Waals surface area contributed by atoms with Crippen molar-refractivity contribution in [2.75, 3.05) is 6.61 Å². The van der Waals surface area contributed by atoms with Crippen LogP contribution in [0.4, 0.5) is 14.5 Å². The Morgan fingerprint density at radius 3 is 2.46 bits per heavy atom. The maximum atomic E-state index is 14.6. The highest BCUT2D eigenvalue weighted by Gasteiger charge is 2.23. The number of benzene rings is 1. The third-order valence-electron chi connectivity index (χ3n) is 5.45. The minimum absolute atomic E-state index is 0.138. The molecule has 0 saturated heterocycles. The Kier molecular flexibility index (Phi) is 6.68. The van der Waals surface area contributed by atoms with E-state index in [1.807, 2.05) is 6.20 Å². The number of hydrogen-bond donors (Lipinski definition) is 0. The number of aromatic nitrogens is 4. The van der Waals surface area contributed by atoms with Crippen LogP contribution >= 0.6 is 0 Å². The summed E-state index contributed by atoms with van der Waals surface area (Å²) in [4.78, 5) is 14.5. The third-order valence-corrected chi connectivity index (χ3v) is 7.15. The lowest BCUT2D eigenvalue weighted by molar-refractivity contribution is -0.385. The first-order valence-corrected chi connectivity index (χ1v) is 14.6. The van der Waals surface area contributed by atoms with Crippen LogP contribution in [0.2, 0.25) is 25.7 Å². The highest BCUT2D eigenvalue weighted by atomic mass is 28.3. The standard InChI is InChI=1S/C23H25F2N5O4Si/c1-28-19(5-8-27-28)16-13-29(14-33-9-10-35(2,3)4)23-21(16)20(6-7-26-23)34-22-17(24)11-15(30(31)32)12-18(22)25/h5-8,11-13H,9-10,14H2,1-4H3. The van der Waals surface area contributed by atoms with E-state index in [9.17, 15) is 18.9 Å². The summed E-state index contributed by atoms with van der Waals surface area (Å²) >= 11 is 0. The van der Waals surface area contributed by atoms with Crippen molar-refractivity contribution in [3.8, 4) is 22.8 Å². The van der Waals surface area contributed by atoms with E-state index in [1.165, 1.54) is 12.3 Å². The predicted molar refractivity (Wildman–Crippen MR) is 129 cm³/mol. The Morgan fingerprint density at radius 2 is 1.86 bits per heavy atom. The van der Waals surface area contributed by atoms with Gasteiger partial charge in [-0.25, -0.2) is 13.8 Å². The molecule has 0 N–H and O–H groups in total. The summed E-state index contributed by atoms with van der Waals surface area (Å²) in [6, 6.07) is 5.53. The zero-order valence-corrected chi connectivity index (χ0v) is 20.8. The lowest BCUT2D eigenvalue weighted by Crippen LogP contribution is -2.22. The molecular weight excluding hydrogens is 476 g/mol. The minimum atomic E-state index is -1.26. The third kappa shape index (κ3) is 5.22. The van der Waals surface area contributed by atoms with Gasteiger partial charge in [0.15, 0.2) is 17.4 Å². The van der Waals surface area contributed by atoms with Crippen LogP contribution < -0.4 is 4.74 Å². The summed E-state index contributed by atoms with van der Waals surface area (Å²) < 4.78 is 44.2. The second kappa shape index (κ2) is 9.54. The molecule has 0 saturated carbocycles. The van der Waals surface area contributed by atoms with Gasteiger partial charge in [0.2, 0.25) is 0 Å². The predicted octanol–water partition coefficient (Wildman–Crippen LogP) is 5.73. The van der Waals surface area contributed by atoms with Gasteiger partial charge < -0.3 is 14.0 Å². The minimum Gasteiger partial charge on any atom is -0.450 e. The molecule has 4 rings (SSSR count). The van der Waals surface area contributed by atoms with Gasteiger partial charge in [-0.3, -0.25) is 14.8 Å². The highest BCUT2D eigenvalue weighted by Crippen LogP contribution is 2.39. The Hall–Kier alpha value is -3.64. The van der Waals surface area contributed by atoms with Crippen molar-refractivity contribution in [2.45, 2.75) is 32.4 Å². The molecule has 4 aromatic rings. The summed E-state index contributed by atoms with van der Waals surface area (Å²) in [5.41, 5.74) is 1.21. The largest absolute Gasteiger partial charge is 0.450 e. The van der Waals surface area contributed by atoms with Gasteiger partial charge in [-0.05, 0) is 18.2 Å². The number of rotatable bonds is 9. The normalized spacial score (nSPS) is 11.8. The summed E-state index contributed by atoms with van der Waals surface area (Å²) in [6.07, 6.45) is 4.93. The van der Waals surface area contributed by atoms with E-state index in [0.717, 1.165) is 11.7 Å². The zero-order chi connectivity index (χ0) is 25.3. The number of non-ortho nitro benzene ring substituents is 1. The molecular formula is C23H25F2N5O4Si. The molecule has 3 heterocycles. The number of ether oxygens (including phenoxy) is 2. The topological polar surface area (TPSA) is 97.2 Å². The van der Waals surface area contributed by atoms with E-state index in [-0.39, 0.29) is 12.5 Å². The van der Waals surface area contributed by atoms with Crippen LogP contribution in [-0.4, -0.2) is 38.9 Å². The van der Waals surface area contributed by atoms with E-state index in [0.29, 0.717) is 35.3 Å². The quantitative estimate of drug-likeness (QED) is 0.126.